The number of carbonyl (C=O) groups is 4. The predicted molar refractivity (Wildman–Crippen MR) is 158 cm³/mol. The van der Waals surface area contributed by atoms with Crippen molar-refractivity contribution in [1.82, 2.24) is 0 Å². The summed E-state index contributed by atoms with van der Waals surface area (Å²) in [6.07, 6.45) is 3.94. The molecule has 4 aromatic carbocycles. The molecule has 0 bridgehead atoms. The zero-order valence-electron chi connectivity index (χ0n) is 22.5. The number of anilines is 3. The highest BCUT2D eigenvalue weighted by molar-refractivity contribution is 6.00. The van der Waals surface area contributed by atoms with E-state index >= 15 is 0 Å². The van der Waals surface area contributed by atoms with Gasteiger partial charge in [0.25, 0.3) is 0 Å². The number of esters is 1. The van der Waals surface area contributed by atoms with E-state index < -0.39 is 11.9 Å². The molecule has 0 fully saturated rings. The van der Waals surface area contributed by atoms with Crippen molar-refractivity contribution in [2.45, 2.75) is 13.3 Å². The molecule has 0 spiro atoms. The van der Waals surface area contributed by atoms with Crippen molar-refractivity contribution in [3.8, 4) is 0 Å². The Morgan fingerprint density at radius 3 is 1.71 bits per heavy atom. The van der Waals surface area contributed by atoms with Crippen molar-refractivity contribution in [3.05, 3.63) is 125 Å². The number of ether oxygens (including phenoxy) is 1. The largest absolute Gasteiger partial charge is 0.478 e. The predicted octanol–water partition coefficient (Wildman–Crippen LogP) is 6.21. The first-order valence-corrected chi connectivity index (χ1v) is 12.7. The van der Waals surface area contributed by atoms with E-state index in [1.165, 1.54) is 18.9 Å². The minimum Gasteiger partial charge on any atom is -0.478 e. The standard InChI is InChI=1S/C33H28N2O6/c1-22(36)35(30-19-13-27(14-20-30)33(40)41-2)29-17-9-25(10-18-29)21-31(37)34-28-15-7-24(8-16-28)4-3-23-5-11-26(12-6-23)32(38)39/h3-20H,21H2,1-2H3,(H,34,37)(H,38,39). The fraction of sp³-hybridized carbons (Fsp3) is 0.0909. The fourth-order valence-corrected chi connectivity index (χ4v) is 4.14. The van der Waals surface area contributed by atoms with Crippen LogP contribution in [0.3, 0.4) is 0 Å². The molecule has 206 valence electrons. The molecule has 2 N–H and O–H groups in total. The number of carbonyl (C=O) groups excluding carboxylic acids is 3. The first-order chi connectivity index (χ1) is 19.7. The maximum absolute atomic E-state index is 12.6. The topological polar surface area (TPSA) is 113 Å². The number of methoxy groups -OCH3 is 1. The van der Waals surface area contributed by atoms with Gasteiger partial charge in [0.15, 0.2) is 0 Å². The lowest BCUT2D eigenvalue weighted by Gasteiger charge is -2.22. The van der Waals surface area contributed by atoms with E-state index in [0.29, 0.717) is 22.6 Å². The van der Waals surface area contributed by atoms with Gasteiger partial charge in [-0.3, -0.25) is 14.5 Å². The molecule has 0 aliphatic carbocycles. The van der Waals surface area contributed by atoms with Gasteiger partial charge in [-0.2, -0.15) is 0 Å². The number of carboxylic acids is 1. The van der Waals surface area contributed by atoms with Gasteiger partial charge in [-0.1, -0.05) is 48.6 Å². The van der Waals surface area contributed by atoms with Crippen molar-refractivity contribution in [1.29, 1.82) is 0 Å². The summed E-state index contributed by atoms with van der Waals surface area (Å²) in [4.78, 5) is 49.2. The van der Waals surface area contributed by atoms with E-state index in [9.17, 15) is 19.2 Å². The molecule has 8 heteroatoms. The van der Waals surface area contributed by atoms with Crippen LogP contribution in [0.5, 0.6) is 0 Å². The van der Waals surface area contributed by atoms with Crippen LogP contribution in [0.1, 0.15) is 44.3 Å². The van der Waals surface area contributed by atoms with Crippen molar-refractivity contribution in [3.63, 3.8) is 0 Å². The summed E-state index contributed by atoms with van der Waals surface area (Å²) < 4.78 is 4.72. The number of amides is 2. The van der Waals surface area contributed by atoms with Crippen LogP contribution in [-0.2, 0) is 20.7 Å². The third-order valence-corrected chi connectivity index (χ3v) is 6.24. The normalized spacial score (nSPS) is 10.7. The summed E-state index contributed by atoms with van der Waals surface area (Å²) in [7, 11) is 1.31. The van der Waals surface area contributed by atoms with E-state index in [4.69, 9.17) is 9.84 Å². The molecule has 0 saturated heterocycles. The van der Waals surface area contributed by atoms with Gasteiger partial charge in [-0.15, -0.1) is 0 Å². The van der Waals surface area contributed by atoms with Gasteiger partial charge in [0.2, 0.25) is 11.8 Å². The van der Waals surface area contributed by atoms with Crippen molar-refractivity contribution in [2.75, 3.05) is 17.3 Å². The van der Waals surface area contributed by atoms with Gasteiger partial charge < -0.3 is 15.2 Å². The number of carboxylic acid groups (broad SMARTS) is 1. The Kier molecular flexibility index (Phi) is 9.06. The van der Waals surface area contributed by atoms with Gasteiger partial charge in [-0.05, 0) is 77.4 Å². The van der Waals surface area contributed by atoms with Crippen LogP contribution in [0.2, 0.25) is 0 Å². The van der Waals surface area contributed by atoms with Crippen LogP contribution >= 0.6 is 0 Å². The number of nitrogens with one attached hydrogen (secondary N) is 1. The number of aromatic carboxylic acids is 1. The van der Waals surface area contributed by atoms with Crippen molar-refractivity contribution < 1.29 is 29.0 Å². The molecule has 0 unspecified atom stereocenters. The lowest BCUT2D eigenvalue weighted by Crippen LogP contribution is -2.22. The summed E-state index contributed by atoms with van der Waals surface area (Å²) >= 11 is 0. The monoisotopic (exact) mass is 548 g/mol. The summed E-state index contributed by atoms with van der Waals surface area (Å²) in [6.45, 7) is 1.45. The minimum absolute atomic E-state index is 0.155. The first kappa shape index (κ1) is 28.5. The number of hydrogen-bond acceptors (Lipinski definition) is 5. The molecule has 0 radical (unpaired) electrons. The maximum Gasteiger partial charge on any atom is 0.337 e. The molecule has 0 saturated carbocycles. The van der Waals surface area contributed by atoms with Crippen molar-refractivity contribution >= 4 is 53.0 Å². The highest BCUT2D eigenvalue weighted by Gasteiger charge is 2.16. The molecule has 4 rings (SSSR count). The first-order valence-electron chi connectivity index (χ1n) is 12.7. The second-order valence-corrected chi connectivity index (χ2v) is 9.17. The molecule has 41 heavy (non-hydrogen) atoms. The second-order valence-electron chi connectivity index (χ2n) is 9.17. The van der Waals surface area contributed by atoms with E-state index in [0.717, 1.165) is 16.7 Å². The Labute approximate surface area is 237 Å². The summed E-state index contributed by atoms with van der Waals surface area (Å²) in [5, 5.41) is 11.9. The number of hydrogen-bond donors (Lipinski definition) is 2. The Hall–Kier alpha value is -5.50. The average molecular weight is 549 g/mol. The van der Waals surface area contributed by atoms with E-state index in [1.54, 1.807) is 72.8 Å². The molecule has 8 nitrogen and oxygen atoms in total. The van der Waals surface area contributed by atoms with Gasteiger partial charge in [0, 0.05) is 24.0 Å². The van der Waals surface area contributed by atoms with Crippen molar-refractivity contribution in [2.24, 2.45) is 0 Å². The van der Waals surface area contributed by atoms with Crippen LogP contribution in [0.15, 0.2) is 97.1 Å². The van der Waals surface area contributed by atoms with Gasteiger partial charge in [0.1, 0.15) is 0 Å². The Bertz CT molecular complexity index is 1570. The molecule has 0 heterocycles. The molecule has 4 aromatic rings. The van der Waals surface area contributed by atoms with Gasteiger partial charge in [0.05, 0.1) is 24.7 Å². The molecular weight excluding hydrogens is 520 g/mol. The van der Waals surface area contributed by atoms with Gasteiger partial charge >= 0.3 is 11.9 Å². The number of rotatable bonds is 9. The Morgan fingerprint density at radius 2 is 1.22 bits per heavy atom. The Morgan fingerprint density at radius 1 is 0.732 bits per heavy atom. The summed E-state index contributed by atoms with van der Waals surface area (Å²) in [5.74, 6) is -1.80. The zero-order valence-corrected chi connectivity index (χ0v) is 22.5. The molecule has 2 amide bonds. The van der Waals surface area contributed by atoms with E-state index in [-0.39, 0.29) is 23.8 Å². The molecule has 0 aliphatic rings. The average Bonchev–Trinajstić information content (AvgIpc) is 2.98. The summed E-state index contributed by atoms with van der Waals surface area (Å²) in [5.41, 5.74) is 5.10. The zero-order chi connectivity index (χ0) is 29.4. The Balaban J connectivity index is 1.35. The number of nitrogens with zero attached hydrogens (tertiary/aromatic N) is 1. The third-order valence-electron chi connectivity index (χ3n) is 6.24. The van der Waals surface area contributed by atoms with Crippen LogP contribution in [0.4, 0.5) is 17.1 Å². The van der Waals surface area contributed by atoms with E-state index in [2.05, 4.69) is 5.32 Å². The molecular formula is C33H28N2O6. The highest BCUT2D eigenvalue weighted by atomic mass is 16.5. The lowest BCUT2D eigenvalue weighted by atomic mass is 10.1. The van der Waals surface area contributed by atoms with Gasteiger partial charge in [-0.25, -0.2) is 9.59 Å². The highest BCUT2D eigenvalue weighted by Crippen LogP contribution is 2.27. The van der Waals surface area contributed by atoms with Crippen LogP contribution in [0, 0.1) is 0 Å². The fourth-order valence-electron chi connectivity index (χ4n) is 4.14. The quantitative estimate of drug-likeness (QED) is 0.190. The van der Waals surface area contributed by atoms with E-state index in [1.807, 2.05) is 36.4 Å². The molecule has 0 atom stereocenters. The van der Waals surface area contributed by atoms with Crippen LogP contribution in [0.25, 0.3) is 12.2 Å². The molecule has 0 aliphatic heterocycles. The smallest absolute Gasteiger partial charge is 0.337 e. The summed E-state index contributed by atoms with van der Waals surface area (Å²) in [6, 6.07) is 27.6. The number of benzene rings is 4. The second kappa shape index (κ2) is 13.0. The van der Waals surface area contributed by atoms with Crippen LogP contribution in [-0.4, -0.2) is 36.0 Å². The SMILES string of the molecule is COC(=O)c1ccc(N(C(C)=O)c2ccc(CC(=O)Nc3ccc(C=Cc4ccc(C(=O)O)cc4)cc3)cc2)cc1. The lowest BCUT2D eigenvalue weighted by molar-refractivity contribution is -0.116. The maximum atomic E-state index is 12.6. The minimum atomic E-state index is -0.962. The van der Waals surface area contributed by atoms with Crippen LogP contribution < -0.4 is 10.2 Å². The molecule has 0 aromatic heterocycles. The third kappa shape index (κ3) is 7.54.